The van der Waals surface area contributed by atoms with E-state index >= 15 is 0 Å². The highest BCUT2D eigenvalue weighted by molar-refractivity contribution is 7.24. The molecular formula is C13H17Cl2N3OS2. The van der Waals surface area contributed by atoms with Crippen LogP contribution in [0.3, 0.4) is 0 Å². The van der Waals surface area contributed by atoms with Crippen LogP contribution >= 0.6 is 46.7 Å². The van der Waals surface area contributed by atoms with E-state index in [9.17, 15) is 4.79 Å². The second kappa shape index (κ2) is 7.07. The van der Waals surface area contributed by atoms with Crippen LogP contribution in [0.15, 0.2) is 12.1 Å². The molecular weight excluding hydrogens is 349 g/mol. The molecule has 0 radical (unpaired) electrons. The van der Waals surface area contributed by atoms with Crippen molar-refractivity contribution in [1.29, 1.82) is 0 Å². The van der Waals surface area contributed by atoms with Gasteiger partial charge >= 0.3 is 0 Å². The van der Waals surface area contributed by atoms with Crippen molar-refractivity contribution >= 4 is 52.6 Å². The maximum Gasteiger partial charge on any atom is 0.263 e. The molecule has 1 amide bonds. The van der Waals surface area contributed by atoms with Gasteiger partial charge in [0.25, 0.3) is 5.91 Å². The molecule has 2 aromatic rings. The van der Waals surface area contributed by atoms with Crippen molar-refractivity contribution < 1.29 is 4.79 Å². The lowest BCUT2D eigenvalue weighted by atomic mass is 10.1. The van der Waals surface area contributed by atoms with E-state index in [1.807, 2.05) is 32.9 Å². The quantitative estimate of drug-likeness (QED) is 0.867. The van der Waals surface area contributed by atoms with E-state index in [0.717, 1.165) is 15.6 Å². The molecule has 0 aliphatic heterocycles. The summed E-state index contributed by atoms with van der Waals surface area (Å²) >= 11 is 8.75. The van der Waals surface area contributed by atoms with Crippen LogP contribution in [0.25, 0.3) is 9.88 Å². The number of amides is 1. The Bertz CT molecular complexity index is 637. The summed E-state index contributed by atoms with van der Waals surface area (Å²) in [6.07, 6.45) is 0. The summed E-state index contributed by atoms with van der Waals surface area (Å²) in [7, 11) is 0. The second-order valence-electron chi connectivity index (χ2n) is 5.08. The van der Waals surface area contributed by atoms with E-state index < -0.39 is 5.54 Å². The third-order valence-corrected chi connectivity index (χ3v) is 5.31. The molecule has 0 atom stereocenters. The van der Waals surface area contributed by atoms with Crippen molar-refractivity contribution in [1.82, 2.24) is 10.3 Å². The maximum atomic E-state index is 12.3. The van der Waals surface area contributed by atoms with Crippen LogP contribution in [-0.4, -0.2) is 23.0 Å². The number of rotatable bonds is 4. The molecule has 0 aliphatic rings. The molecule has 8 heteroatoms. The van der Waals surface area contributed by atoms with E-state index in [-0.39, 0.29) is 18.3 Å². The van der Waals surface area contributed by atoms with Crippen molar-refractivity contribution in [2.24, 2.45) is 5.73 Å². The Balaban J connectivity index is 0.00000220. The number of thiazole rings is 1. The number of thiophene rings is 1. The molecule has 0 saturated heterocycles. The third kappa shape index (κ3) is 4.40. The van der Waals surface area contributed by atoms with E-state index in [0.29, 0.717) is 15.8 Å². The zero-order chi connectivity index (χ0) is 14.9. The summed E-state index contributed by atoms with van der Waals surface area (Å²) in [4.78, 5) is 18.3. The molecule has 2 rings (SSSR count). The number of hydrogen-bond acceptors (Lipinski definition) is 5. The van der Waals surface area contributed by atoms with Gasteiger partial charge in [-0.1, -0.05) is 11.6 Å². The van der Waals surface area contributed by atoms with Gasteiger partial charge in [0.15, 0.2) is 0 Å². The van der Waals surface area contributed by atoms with E-state index in [1.165, 1.54) is 22.7 Å². The van der Waals surface area contributed by atoms with Crippen molar-refractivity contribution in [2.75, 3.05) is 6.54 Å². The molecule has 0 bridgehead atoms. The van der Waals surface area contributed by atoms with Gasteiger partial charge in [-0.15, -0.1) is 35.1 Å². The molecule has 2 aromatic heterocycles. The Morgan fingerprint density at radius 1 is 1.43 bits per heavy atom. The molecule has 0 aliphatic carbocycles. The zero-order valence-corrected chi connectivity index (χ0v) is 15.1. The Morgan fingerprint density at radius 3 is 2.62 bits per heavy atom. The number of halogens is 2. The van der Waals surface area contributed by atoms with Crippen molar-refractivity contribution in [3.63, 3.8) is 0 Å². The Kier molecular flexibility index (Phi) is 6.19. The van der Waals surface area contributed by atoms with Crippen molar-refractivity contribution in [3.8, 4) is 9.88 Å². The fraction of sp³-hybridized carbons (Fsp3) is 0.385. The Hall–Kier alpha value is -0.660. The fourth-order valence-corrected chi connectivity index (χ4v) is 3.62. The van der Waals surface area contributed by atoms with Crippen LogP contribution in [0.5, 0.6) is 0 Å². The number of carbonyl (C=O) groups is 1. The molecule has 0 saturated carbocycles. The van der Waals surface area contributed by atoms with E-state index in [1.54, 1.807) is 0 Å². The molecule has 21 heavy (non-hydrogen) atoms. The number of nitrogens with zero attached hydrogens (tertiary/aromatic N) is 1. The minimum Gasteiger partial charge on any atom is -0.345 e. The lowest BCUT2D eigenvalue weighted by molar-refractivity contribution is 0.0919. The SMILES string of the molecule is Cc1nc(-c2ccc(Cl)s2)sc1C(=O)NC(C)(C)CN.Cl. The summed E-state index contributed by atoms with van der Waals surface area (Å²) < 4.78 is 0.711. The zero-order valence-electron chi connectivity index (χ0n) is 11.9. The highest BCUT2D eigenvalue weighted by Crippen LogP contribution is 2.34. The first-order chi connectivity index (χ1) is 9.32. The van der Waals surface area contributed by atoms with Crippen LogP contribution < -0.4 is 11.1 Å². The summed E-state index contributed by atoms with van der Waals surface area (Å²) in [6, 6.07) is 3.74. The lowest BCUT2D eigenvalue weighted by Crippen LogP contribution is -2.48. The first-order valence-electron chi connectivity index (χ1n) is 6.08. The monoisotopic (exact) mass is 365 g/mol. The molecule has 0 fully saturated rings. The minimum atomic E-state index is -0.431. The highest BCUT2D eigenvalue weighted by atomic mass is 35.5. The van der Waals surface area contributed by atoms with Crippen molar-refractivity contribution in [2.45, 2.75) is 26.3 Å². The largest absolute Gasteiger partial charge is 0.345 e. The standard InChI is InChI=1S/C13H16ClN3OS2.ClH/c1-7-10(11(18)17-13(2,3)6-15)20-12(16-7)8-4-5-9(14)19-8;/h4-5H,6,15H2,1-3H3,(H,17,18);1H. The number of nitrogens with one attached hydrogen (secondary N) is 1. The van der Waals surface area contributed by atoms with Gasteiger partial charge in [-0.25, -0.2) is 4.98 Å². The normalized spacial score (nSPS) is 11.1. The number of carbonyl (C=O) groups excluding carboxylic acids is 1. The van der Waals surface area contributed by atoms with Gasteiger partial charge in [0, 0.05) is 12.1 Å². The predicted octanol–water partition coefficient (Wildman–Crippen LogP) is 3.72. The van der Waals surface area contributed by atoms with Gasteiger partial charge in [0.05, 0.1) is 14.9 Å². The van der Waals surface area contributed by atoms with Gasteiger partial charge in [0.1, 0.15) is 9.88 Å². The molecule has 116 valence electrons. The average Bonchev–Trinajstić information content (AvgIpc) is 2.95. The van der Waals surface area contributed by atoms with Gasteiger partial charge in [-0.2, -0.15) is 0 Å². The Morgan fingerprint density at radius 2 is 2.10 bits per heavy atom. The average molecular weight is 366 g/mol. The van der Waals surface area contributed by atoms with E-state index in [2.05, 4.69) is 10.3 Å². The van der Waals surface area contributed by atoms with Crippen LogP contribution in [-0.2, 0) is 0 Å². The summed E-state index contributed by atoms with van der Waals surface area (Å²) in [5.74, 6) is -0.135. The van der Waals surface area contributed by atoms with Gasteiger partial charge in [-0.05, 0) is 32.9 Å². The van der Waals surface area contributed by atoms with Crippen LogP contribution in [0.4, 0.5) is 0 Å². The highest BCUT2D eigenvalue weighted by Gasteiger charge is 2.23. The number of aromatic nitrogens is 1. The number of hydrogen-bond donors (Lipinski definition) is 2. The van der Waals surface area contributed by atoms with Gasteiger partial charge in [-0.3, -0.25) is 4.79 Å². The van der Waals surface area contributed by atoms with Crippen LogP contribution in [0.1, 0.15) is 29.2 Å². The topological polar surface area (TPSA) is 68.0 Å². The second-order valence-corrected chi connectivity index (χ2v) is 7.79. The first kappa shape index (κ1) is 18.4. The third-order valence-electron chi connectivity index (χ3n) is 2.75. The molecule has 0 spiro atoms. The lowest BCUT2D eigenvalue weighted by Gasteiger charge is -2.23. The van der Waals surface area contributed by atoms with Gasteiger partial charge < -0.3 is 11.1 Å². The first-order valence-corrected chi connectivity index (χ1v) is 8.09. The molecule has 3 N–H and O–H groups in total. The molecule has 0 aromatic carbocycles. The predicted molar refractivity (Wildman–Crippen MR) is 93.0 cm³/mol. The number of aryl methyl sites for hydroxylation is 1. The Labute approximate surface area is 143 Å². The summed E-state index contributed by atoms with van der Waals surface area (Å²) in [6.45, 7) is 5.99. The summed E-state index contributed by atoms with van der Waals surface area (Å²) in [5, 5.41) is 3.73. The minimum absolute atomic E-state index is 0. The molecule has 2 heterocycles. The van der Waals surface area contributed by atoms with Crippen LogP contribution in [0.2, 0.25) is 4.34 Å². The van der Waals surface area contributed by atoms with E-state index in [4.69, 9.17) is 17.3 Å². The fourth-order valence-electron chi connectivity index (χ4n) is 1.56. The molecule has 4 nitrogen and oxygen atoms in total. The van der Waals surface area contributed by atoms with Crippen molar-refractivity contribution in [3.05, 3.63) is 27.0 Å². The van der Waals surface area contributed by atoms with Gasteiger partial charge in [0.2, 0.25) is 0 Å². The number of nitrogens with two attached hydrogens (primary N) is 1. The smallest absolute Gasteiger partial charge is 0.263 e. The van der Waals surface area contributed by atoms with Crippen LogP contribution in [0, 0.1) is 6.92 Å². The molecule has 0 unspecified atom stereocenters. The maximum absolute atomic E-state index is 12.3. The summed E-state index contributed by atoms with van der Waals surface area (Å²) in [5.41, 5.74) is 5.92.